The molecule has 2 aliphatic heterocycles. The van der Waals surface area contributed by atoms with Crippen LogP contribution in [0.15, 0.2) is 48.5 Å². The molecule has 0 saturated carbocycles. The average Bonchev–Trinajstić information content (AvgIpc) is 2.83. The van der Waals surface area contributed by atoms with E-state index >= 15 is 0 Å². The number of nitrogens with one attached hydrogen (secondary N) is 2. The van der Waals surface area contributed by atoms with E-state index in [0.717, 1.165) is 37.9 Å². The van der Waals surface area contributed by atoms with E-state index in [4.69, 9.17) is 10.00 Å². The van der Waals surface area contributed by atoms with Crippen LogP contribution < -0.4 is 10.6 Å². The number of nitrogens with zero attached hydrogens (tertiary/aromatic N) is 2. The summed E-state index contributed by atoms with van der Waals surface area (Å²) in [5.74, 6) is 0.209. The van der Waals surface area contributed by atoms with Crippen molar-refractivity contribution in [3.05, 3.63) is 65.5 Å². The summed E-state index contributed by atoms with van der Waals surface area (Å²) in [5, 5.41) is 14.4. The third-order valence-corrected chi connectivity index (χ3v) is 6.56. The van der Waals surface area contributed by atoms with Crippen molar-refractivity contribution in [3.8, 4) is 6.07 Å². The number of likely N-dealkylation sites (tertiary alicyclic amines) is 1. The highest BCUT2D eigenvalue weighted by Crippen LogP contribution is 2.24. The quantitative estimate of drug-likeness (QED) is 0.664. The van der Waals surface area contributed by atoms with Crippen LogP contribution in [0.25, 0.3) is 0 Å². The number of carbonyl (C=O) groups is 1. The largest absolute Gasteiger partial charge is 0.375 e. The van der Waals surface area contributed by atoms with Gasteiger partial charge < -0.3 is 20.3 Å². The zero-order chi connectivity index (χ0) is 23.9. The SMILES string of the molecule is N#Cc1ccc(NC(=O)NC2[C@@H](F)CCO[C@@H]2CN2CCC[C@@H](Cc3ccc(F)cc3)C2)cc1. The second-order valence-electron chi connectivity index (χ2n) is 9.13. The van der Waals surface area contributed by atoms with Crippen molar-refractivity contribution in [1.82, 2.24) is 10.2 Å². The fraction of sp³-hybridized carbons (Fsp3) is 0.462. The van der Waals surface area contributed by atoms with Crippen LogP contribution in [0.1, 0.15) is 30.4 Å². The summed E-state index contributed by atoms with van der Waals surface area (Å²) in [7, 11) is 0. The second-order valence-corrected chi connectivity index (χ2v) is 9.13. The van der Waals surface area contributed by atoms with Crippen LogP contribution in [-0.4, -0.2) is 55.5 Å². The van der Waals surface area contributed by atoms with E-state index in [1.54, 1.807) is 24.3 Å². The molecule has 0 aromatic heterocycles. The highest BCUT2D eigenvalue weighted by Gasteiger charge is 2.37. The molecule has 6 nitrogen and oxygen atoms in total. The highest BCUT2D eigenvalue weighted by molar-refractivity contribution is 5.89. The van der Waals surface area contributed by atoms with Crippen molar-refractivity contribution in [3.63, 3.8) is 0 Å². The minimum atomic E-state index is -1.19. The molecule has 8 heteroatoms. The topological polar surface area (TPSA) is 77.4 Å². The Hall–Kier alpha value is -3.02. The number of anilines is 1. The summed E-state index contributed by atoms with van der Waals surface area (Å²) < 4.78 is 33.9. The first-order chi connectivity index (χ1) is 16.5. The molecule has 0 radical (unpaired) electrons. The number of amides is 2. The van der Waals surface area contributed by atoms with Gasteiger partial charge in [-0.1, -0.05) is 12.1 Å². The van der Waals surface area contributed by atoms with Crippen molar-refractivity contribution < 1.29 is 18.3 Å². The van der Waals surface area contributed by atoms with Gasteiger partial charge >= 0.3 is 6.03 Å². The highest BCUT2D eigenvalue weighted by atomic mass is 19.1. The number of halogens is 2. The number of urea groups is 1. The van der Waals surface area contributed by atoms with Crippen molar-refractivity contribution in [2.45, 2.75) is 44.0 Å². The van der Waals surface area contributed by atoms with Gasteiger partial charge in [0.15, 0.2) is 0 Å². The van der Waals surface area contributed by atoms with E-state index < -0.39 is 24.3 Å². The summed E-state index contributed by atoms with van der Waals surface area (Å²) in [5.41, 5.74) is 2.14. The maximum atomic E-state index is 14.8. The van der Waals surface area contributed by atoms with Crippen LogP contribution in [0.3, 0.4) is 0 Å². The Morgan fingerprint density at radius 2 is 1.91 bits per heavy atom. The lowest BCUT2D eigenvalue weighted by Crippen LogP contribution is -2.58. The van der Waals surface area contributed by atoms with Gasteiger partial charge in [-0.05, 0) is 73.7 Å². The third-order valence-electron chi connectivity index (χ3n) is 6.56. The van der Waals surface area contributed by atoms with Crippen LogP contribution in [0, 0.1) is 23.1 Å². The minimum Gasteiger partial charge on any atom is -0.375 e. The number of carbonyl (C=O) groups excluding carboxylic acids is 1. The predicted octanol–water partition coefficient (Wildman–Crippen LogP) is 4.27. The lowest BCUT2D eigenvalue weighted by Gasteiger charge is -2.40. The van der Waals surface area contributed by atoms with Crippen LogP contribution in [0.5, 0.6) is 0 Å². The number of piperidine rings is 1. The molecule has 2 saturated heterocycles. The summed E-state index contributed by atoms with van der Waals surface area (Å²) in [4.78, 5) is 14.8. The standard InChI is InChI=1S/C26H30F2N4O2/c27-21-7-3-18(4-8-21)14-20-2-1-12-32(16-20)17-24-25(23(28)11-13-34-24)31-26(33)30-22-9-5-19(15-29)6-10-22/h3-10,20,23-25H,1-2,11-14,16-17H2,(H2,30,31,33)/t20-,23-,24+,25?/m0/s1. The molecule has 2 amide bonds. The number of rotatable bonds is 6. The van der Waals surface area contributed by atoms with E-state index in [1.807, 2.05) is 18.2 Å². The van der Waals surface area contributed by atoms with Crippen LogP contribution >= 0.6 is 0 Å². The lowest BCUT2D eigenvalue weighted by molar-refractivity contribution is -0.0599. The van der Waals surface area contributed by atoms with Crippen LogP contribution in [0.2, 0.25) is 0 Å². The number of alkyl halides is 1. The average molecular weight is 469 g/mol. The fourth-order valence-corrected chi connectivity index (χ4v) is 4.84. The molecular formula is C26H30F2N4O2. The third kappa shape index (κ3) is 6.52. The Bertz CT molecular complexity index is 993. The Morgan fingerprint density at radius 3 is 2.65 bits per heavy atom. The molecule has 0 aliphatic carbocycles. The van der Waals surface area contributed by atoms with Crippen molar-refractivity contribution in [1.29, 1.82) is 5.26 Å². The van der Waals surface area contributed by atoms with Gasteiger partial charge in [-0.15, -0.1) is 0 Å². The molecule has 2 aromatic rings. The molecule has 2 N–H and O–H groups in total. The summed E-state index contributed by atoms with van der Waals surface area (Å²) in [6.07, 6.45) is 1.62. The number of hydrogen-bond donors (Lipinski definition) is 2. The number of nitriles is 1. The number of ether oxygens (including phenoxy) is 1. The Labute approximate surface area is 198 Å². The minimum absolute atomic E-state index is 0.231. The summed E-state index contributed by atoms with van der Waals surface area (Å²) in [6.45, 7) is 2.63. The Morgan fingerprint density at radius 1 is 1.15 bits per heavy atom. The Kier molecular flexibility index (Phi) is 8.09. The first kappa shape index (κ1) is 24.1. The monoisotopic (exact) mass is 468 g/mol. The van der Waals surface area contributed by atoms with E-state index in [2.05, 4.69) is 15.5 Å². The molecule has 180 valence electrons. The van der Waals surface area contributed by atoms with Crippen LogP contribution in [-0.2, 0) is 11.2 Å². The van der Waals surface area contributed by atoms with Crippen molar-refractivity contribution >= 4 is 11.7 Å². The smallest absolute Gasteiger partial charge is 0.319 e. The van der Waals surface area contributed by atoms with Crippen molar-refractivity contribution in [2.75, 3.05) is 31.6 Å². The molecule has 2 aliphatic rings. The summed E-state index contributed by atoms with van der Waals surface area (Å²) in [6, 6.07) is 13.9. The summed E-state index contributed by atoms with van der Waals surface area (Å²) >= 11 is 0. The van der Waals surface area contributed by atoms with E-state index in [0.29, 0.717) is 30.3 Å². The van der Waals surface area contributed by atoms with E-state index in [-0.39, 0.29) is 12.2 Å². The molecule has 0 spiro atoms. The van der Waals surface area contributed by atoms with Gasteiger partial charge in [-0.2, -0.15) is 5.26 Å². The zero-order valence-corrected chi connectivity index (χ0v) is 19.1. The van der Waals surface area contributed by atoms with Gasteiger partial charge in [-0.3, -0.25) is 0 Å². The fourth-order valence-electron chi connectivity index (χ4n) is 4.84. The lowest BCUT2D eigenvalue weighted by atomic mass is 9.90. The van der Waals surface area contributed by atoms with Gasteiger partial charge in [0.2, 0.25) is 0 Å². The maximum absolute atomic E-state index is 14.8. The predicted molar refractivity (Wildman–Crippen MR) is 126 cm³/mol. The van der Waals surface area contributed by atoms with Gasteiger partial charge in [0.05, 0.1) is 23.8 Å². The maximum Gasteiger partial charge on any atom is 0.319 e. The van der Waals surface area contributed by atoms with Crippen LogP contribution in [0.4, 0.5) is 19.3 Å². The van der Waals surface area contributed by atoms with Gasteiger partial charge in [0.25, 0.3) is 0 Å². The van der Waals surface area contributed by atoms with E-state index in [9.17, 15) is 13.6 Å². The van der Waals surface area contributed by atoms with Gasteiger partial charge in [-0.25, -0.2) is 13.6 Å². The number of hydrogen-bond acceptors (Lipinski definition) is 4. The molecule has 34 heavy (non-hydrogen) atoms. The van der Waals surface area contributed by atoms with Crippen molar-refractivity contribution in [2.24, 2.45) is 5.92 Å². The van der Waals surface area contributed by atoms with Gasteiger partial charge in [0, 0.05) is 31.8 Å². The molecule has 4 rings (SSSR count). The molecule has 4 atom stereocenters. The van der Waals surface area contributed by atoms with Gasteiger partial charge in [0.1, 0.15) is 12.0 Å². The first-order valence-corrected chi connectivity index (χ1v) is 11.8. The molecule has 2 fully saturated rings. The molecule has 0 bridgehead atoms. The second kappa shape index (κ2) is 11.4. The Balaban J connectivity index is 1.33. The first-order valence-electron chi connectivity index (χ1n) is 11.8. The molecule has 1 unspecified atom stereocenters. The molecule has 2 heterocycles. The number of benzene rings is 2. The van der Waals surface area contributed by atoms with E-state index in [1.165, 1.54) is 12.1 Å². The molecular weight excluding hydrogens is 438 g/mol. The molecule has 2 aromatic carbocycles. The normalized spacial score (nSPS) is 25.3. The zero-order valence-electron chi connectivity index (χ0n) is 19.1.